The summed E-state index contributed by atoms with van der Waals surface area (Å²) in [7, 11) is 0. The number of benzene rings is 1. The molecule has 1 aromatic carbocycles. The molecule has 3 nitrogen and oxygen atoms in total. The van der Waals surface area contributed by atoms with Gasteiger partial charge < -0.3 is 0 Å². The van der Waals surface area contributed by atoms with Crippen molar-refractivity contribution in [2.45, 2.75) is 13.8 Å². The van der Waals surface area contributed by atoms with Crippen LogP contribution in [0.25, 0.3) is 11.4 Å². The first-order chi connectivity index (χ1) is 7.16. The van der Waals surface area contributed by atoms with Crippen molar-refractivity contribution in [3.05, 3.63) is 40.7 Å². The minimum absolute atomic E-state index is 0.359. The number of aromatic nitrogens is 3. The summed E-state index contributed by atoms with van der Waals surface area (Å²) in [5, 5.41) is 8.06. The molecule has 0 aliphatic rings. The first kappa shape index (κ1) is 10.1. The van der Waals surface area contributed by atoms with E-state index in [1.165, 1.54) is 17.3 Å². The molecule has 0 saturated carbocycles. The molecule has 0 atom stereocenters. The standard InChI is InChI=1S/C11H10ClN3/c1-7-3-4-9(5-8(7)2)11-14-10(12)6-13-15-11/h3-6H,1-2H3. The SMILES string of the molecule is Cc1ccc(-c2nncc(Cl)n2)cc1C. The zero-order valence-electron chi connectivity index (χ0n) is 8.53. The molecular formula is C11H10ClN3. The van der Waals surface area contributed by atoms with E-state index >= 15 is 0 Å². The zero-order valence-corrected chi connectivity index (χ0v) is 9.28. The second-order valence-corrected chi connectivity index (χ2v) is 3.79. The molecule has 0 radical (unpaired) electrons. The van der Waals surface area contributed by atoms with Crippen LogP contribution in [-0.4, -0.2) is 15.2 Å². The number of nitrogens with zero attached hydrogens (tertiary/aromatic N) is 3. The van der Waals surface area contributed by atoms with E-state index in [0.717, 1.165) is 5.56 Å². The van der Waals surface area contributed by atoms with Crippen molar-refractivity contribution in [2.75, 3.05) is 0 Å². The number of aryl methyl sites for hydroxylation is 2. The lowest BCUT2D eigenvalue weighted by atomic mass is 10.1. The summed E-state index contributed by atoms with van der Waals surface area (Å²) in [6.45, 7) is 4.12. The molecular weight excluding hydrogens is 210 g/mol. The van der Waals surface area contributed by atoms with Gasteiger partial charge in [0.1, 0.15) is 0 Å². The van der Waals surface area contributed by atoms with Gasteiger partial charge in [-0.15, -0.1) is 5.10 Å². The van der Waals surface area contributed by atoms with Gasteiger partial charge in [-0.25, -0.2) is 4.98 Å². The van der Waals surface area contributed by atoms with Crippen LogP contribution in [-0.2, 0) is 0 Å². The van der Waals surface area contributed by atoms with Gasteiger partial charge in [0.25, 0.3) is 0 Å². The van der Waals surface area contributed by atoms with Gasteiger partial charge >= 0.3 is 0 Å². The van der Waals surface area contributed by atoms with E-state index in [9.17, 15) is 0 Å². The predicted octanol–water partition coefficient (Wildman–Crippen LogP) is 2.81. The predicted molar refractivity (Wildman–Crippen MR) is 59.7 cm³/mol. The van der Waals surface area contributed by atoms with Crippen molar-refractivity contribution in [3.8, 4) is 11.4 Å². The van der Waals surface area contributed by atoms with E-state index in [-0.39, 0.29) is 0 Å². The summed E-state index contributed by atoms with van der Waals surface area (Å²) < 4.78 is 0. The van der Waals surface area contributed by atoms with Gasteiger partial charge in [0.05, 0.1) is 6.20 Å². The van der Waals surface area contributed by atoms with E-state index in [1.54, 1.807) is 0 Å². The van der Waals surface area contributed by atoms with Crippen molar-refractivity contribution in [3.63, 3.8) is 0 Å². The molecule has 0 fully saturated rings. The van der Waals surface area contributed by atoms with Crippen LogP contribution in [0.2, 0.25) is 5.15 Å². The Hall–Kier alpha value is -1.48. The fourth-order valence-electron chi connectivity index (χ4n) is 1.29. The summed E-state index contributed by atoms with van der Waals surface area (Å²) in [5.74, 6) is 0.561. The Morgan fingerprint density at radius 3 is 2.60 bits per heavy atom. The Labute approximate surface area is 93.1 Å². The van der Waals surface area contributed by atoms with Crippen LogP contribution in [0, 0.1) is 13.8 Å². The summed E-state index contributed by atoms with van der Waals surface area (Å²) in [4.78, 5) is 4.11. The first-order valence-electron chi connectivity index (χ1n) is 4.59. The van der Waals surface area contributed by atoms with Crippen LogP contribution in [0.3, 0.4) is 0 Å². The highest BCUT2D eigenvalue weighted by Gasteiger charge is 2.03. The highest BCUT2D eigenvalue weighted by Crippen LogP contribution is 2.18. The summed E-state index contributed by atoms with van der Waals surface area (Å²) in [6.07, 6.45) is 1.42. The molecule has 0 aliphatic carbocycles. The zero-order chi connectivity index (χ0) is 10.8. The van der Waals surface area contributed by atoms with Gasteiger partial charge in [0, 0.05) is 5.56 Å². The third-order valence-electron chi connectivity index (χ3n) is 2.29. The van der Waals surface area contributed by atoms with E-state index in [4.69, 9.17) is 11.6 Å². The minimum Gasteiger partial charge on any atom is -0.213 e. The highest BCUT2D eigenvalue weighted by molar-refractivity contribution is 6.29. The Kier molecular flexibility index (Phi) is 2.64. The van der Waals surface area contributed by atoms with Gasteiger partial charge in [0.15, 0.2) is 11.0 Å². The number of halogens is 1. The highest BCUT2D eigenvalue weighted by atomic mass is 35.5. The van der Waals surface area contributed by atoms with Crippen molar-refractivity contribution in [2.24, 2.45) is 0 Å². The summed E-state index contributed by atoms with van der Waals surface area (Å²) in [5.41, 5.74) is 3.39. The molecule has 15 heavy (non-hydrogen) atoms. The van der Waals surface area contributed by atoms with Gasteiger partial charge in [-0.2, -0.15) is 5.10 Å². The lowest BCUT2D eigenvalue weighted by Gasteiger charge is -2.03. The second-order valence-electron chi connectivity index (χ2n) is 3.40. The Morgan fingerprint density at radius 1 is 1.13 bits per heavy atom. The van der Waals surface area contributed by atoms with Crippen LogP contribution in [0.1, 0.15) is 11.1 Å². The quantitative estimate of drug-likeness (QED) is 0.740. The smallest absolute Gasteiger partial charge is 0.183 e. The van der Waals surface area contributed by atoms with Crippen molar-refractivity contribution in [1.82, 2.24) is 15.2 Å². The van der Waals surface area contributed by atoms with Crippen LogP contribution in [0.4, 0.5) is 0 Å². The minimum atomic E-state index is 0.359. The number of hydrogen-bond acceptors (Lipinski definition) is 3. The largest absolute Gasteiger partial charge is 0.213 e. The maximum atomic E-state index is 5.75. The third kappa shape index (κ3) is 2.13. The second kappa shape index (κ2) is 3.95. The van der Waals surface area contributed by atoms with Gasteiger partial charge in [-0.1, -0.05) is 23.7 Å². The fraction of sp³-hybridized carbons (Fsp3) is 0.182. The number of rotatable bonds is 1. The monoisotopic (exact) mass is 219 g/mol. The molecule has 0 N–H and O–H groups in total. The molecule has 0 amide bonds. The van der Waals surface area contributed by atoms with Crippen molar-refractivity contribution < 1.29 is 0 Å². The fourth-order valence-corrected chi connectivity index (χ4v) is 1.41. The van der Waals surface area contributed by atoms with Crippen LogP contribution < -0.4 is 0 Å². The molecule has 0 unspecified atom stereocenters. The molecule has 0 saturated heterocycles. The Balaban J connectivity index is 2.50. The Bertz CT molecular complexity index is 497. The van der Waals surface area contributed by atoms with Crippen molar-refractivity contribution in [1.29, 1.82) is 0 Å². The van der Waals surface area contributed by atoms with Crippen molar-refractivity contribution >= 4 is 11.6 Å². The molecule has 2 aromatic rings. The molecule has 0 spiro atoms. The summed E-state index contributed by atoms with van der Waals surface area (Å²) in [6, 6.07) is 6.04. The lowest BCUT2D eigenvalue weighted by molar-refractivity contribution is 0.979. The van der Waals surface area contributed by atoms with Crippen LogP contribution in [0.5, 0.6) is 0 Å². The normalized spacial score (nSPS) is 10.3. The molecule has 2 rings (SSSR count). The first-order valence-corrected chi connectivity index (χ1v) is 4.97. The van der Waals surface area contributed by atoms with Crippen LogP contribution >= 0.6 is 11.6 Å². The topological polar surface area (TPSA) is 38.7 Å². The van der Waals surface area contributed by atoms with Gasteiger partial charge in [0.2, 0.25) is 0 Å². The van der Waals surface area contributed by atoms with Gasteiger partial charge in [-0.05, 0) is 31.0 Å². The van der Waals surface area contributed by atoms with E-state index in [2.05, 4.69) is 29.0 Å². The van der Waals surface area contributed by atoms with Gasteiger partial charge in [-0.3, -0.25) is 0 Å². The van der Waals surface area contributed by atoms with E-state index in [1.807, 2.05) is 18.2 Å². The average Bonchev–Trinajstić information content (AvgIpc) is 2.22. The molecule has 4 heteroatoms. The number of hydrogen-bond donors (Lipinski definition) is 0. The molecule has 1 aromatic heterocycles. The van der Waals surface area contributed by atoms with E-state index < -0.39 is 0 Å². The lowest BCUT2D eigenvalue weighted by Crippen LogP contribution is -1.92. The molecule has 1 heterocycles. The van der Waals surface area contributed by atoms with E-state index in [0.29, 0.717) is 11.0 Å². The summed E-state index contributed by atoms with van der Waals surface area (Å²) >= 11 is 5.75. The third-order valence-corrected chi connectivity index (χ3v) is 2.48. The Morgan fingerprint density at radius 2 is 1.93 bits per heavy atom. The maximum absolute atomic E-state index is 5.75. The van der Waals surface area contributed by atoms with Crippen LogP contribution in [0.15, 0.2) is 24.4 Å². The maximum Gasteiger partial charge on any atom is 0.183 e. The molecule has 0 bridgehead atoms. The molecule has 0 aliphatic heterocycles. The molecule has 76 valence electrons. The average molecular weight is 220 g/mol.